The number of carbonyl (C=O) groups excluding carboxylic acids is 1. The van der Waals surface area contributed by atoms with Crippen molar-refractivity contribution in [3.63, 3.8) is 0 Å². The Morgan fingerprint density at radius 1 is 1.10 bits per heavy atom. The molecule has 0 aliphatic carbocycles. The van der Waals surface area contributed by atoms with Crippen LogP contribution in [0.3, 0.4) is 0 Å². The fourth-order valence-electron chi connectivity index (χ4n) is 5.98. The minimum absolute atomic E-state index is 0.00544. The van der Waals surface area contributed by atoms with Crippen molar-refractivity contribution in [2.75, 3.05) is 49.1 Å². The molecule has 3 aromatic rings. The fourth-order valence-corrected chi connectivity index (χ4v) is 5.98. The molecule has 2 saturated heterocycles. The average Bonchev–Trinajstić information content (AvgIpc) is 3.39. The van der Waals surface area contributed by atoms with Crippen molar-refractivity contribution in [3.8, 4) is 6.07 Å². The molecule has 1 aromatic heterocycles. The van der Waals surface area contributed by atoms with Crippen molar-refractivity contribution in [2.24, 2.45) is 13.0 Å². The number of amides is 1. The third-order valence-electron chi connectivity index (χ3n) is 8.24. The van der Waals surface area contributed by atoms with E-state index in [1.807, 2.05) is 41.0 Å². The summed E-state index contributed by atoms with van der Waals surface area (Å²) in [6, 6.07) is 14.1. The van der Waals surface area contributed by atoms with E-state index in [2.05, 4.69) is 45.6 Å². The molecule has 10 nitrogen and oxygen atoms in total. The van der Waals surface area contributed by atoms with Crippen molar-refractivity contribution in [1.29, 1.82) is 5.26 Å². The van der Waals surface area contributed by atoms with E-state index >= 15 is 0 Å². The summed E-state index contributed by atoms with van der Waals surface area (Å²) in [4.78, 5) is 19.8. The lowest BCUT2D eigenvalue weighted by atomic mass is 9.86. The van der Waals surface area contributed by atoms with E-state index in [1.54, 1.807) is 11.7 Å². The zero-order chi connectivity index (χ0) is 27.5. The summed E-state index contributed by atoms with van der Waals surface area (Å²) in [6.07, 6.45) is 3.03. The molecular formula is C29H36N8O2. The van der Waals surface area contributed by atoms with Gasteiger partial charge in [0.25, 0.3) is 5.91 Å². The summed E-state index contributed by atoms with van der Waals surface area (Å²) in [6.45, 7) is 7.38. The maximum Gasteiger partial charge on any atom is 0.254 e. The van der Waals surface area contributed by atoms with Gasteiger partial charge in [0.1, 0.15) is 6.07 Å². The lowest BCUT2D eigenvalue weighted by Gasteiger charge is -2.40. The molecule has 0 radical (unpaired) electrons. The molecule has 5 rings (SSSR count). The summed E-state index contributed by atoms with van der Waals surface area (Å²) in [7, 11) is 1.77. The molecule has 2 fully saturated rings. The second-order valence-electron chi connectivity index (χ2n) is 10.7. The topological polar surface area (TPSA) is 114 Å². The Kier molecular flexibility index (Phi) is 7.79. The number of para-hydroxylation sites is 1. The number of aliphatic hydroxyl groups excluding tert-OH is 1. The Morgan fingerprint density at radius 3 is 2.56 bits per heavy atom. The summed E-state index contributed by atoms with van der Waals surface area (Å²) >= 11 is 0. The van der Waals surface area contributed by atoms with Gasteiger partial charge in [0.2, 0.25) is 5.95 Å². The molecule has 2 aliphatic heterocycles. The minimum Gasteiger partial charge on any atom is -0.394 e. The van der Waals surface area contributed by atoms with Crippen LogP contribution in [0.5, 0.6) is 0 Å². The molecule has 0 spiro atoms. The highest BCUT2D eigenvalue weighted by Gasteiger charge is 2.33. The predicted molar refractivity (Wildman–Crippen MR) is 149 cm³/mol. The molecule has 2 aliphatic rings. The summed E-state index contributed by atoms with van der Waals surface area (Å²) in [5.74, 6) is 1.13. The van der Waals surface area contributed by atoms with Gasteiger partial charge >= 0.3 is 0 Å². The first-order chi connectivity index (χ1) is 18.9. The zero-order valence-electron chi connectivity index (χ0n) is 22.9. The highest BCUT2D eigenvalue weighted by Crippen LogP contribution is 2.30. The molecule has 3 heterocycles. The van der Waals surface area contributed by atoms with E-state index < -0.39 is 0 Å². The molecule has 10 heteroatoms. The normalized spacial score (nSPS) is 18.3. The molecule has 0 saturated carbocycles. The average molecular weight is 529 g/mol. The van der Waals surface area contributed by atoms with Crippen molar-refractivity contribution < 1.29 is 9.90 Å². The Morgan fingerprint density at radius 2 is 1.87 bits per heavy atom. The molecule has 204 valence electrons. The number of anilines is 2. The molecule has 0 bridgehead atoms. The van der Waals surface area contributed by atoms with Crippen LogP contribution in [0.2, 0.25) is 0 Å². The van der Waals surface area contributed by atoms with Gasteiger partial charge in [-0.1, -0.05) is 23.3 Å². The van der Waals surface area contributed by atoms with Gasteiger partial charge in [-0.25, -0.2) is 4.68 Å². The van der Waals surface area contributed by atoms with E-state index in [1.165, 1.54) is 11.1 Å². The van der Waals surface area contributed by atoms with Gasteiger partial charge in [0.05, 0.1) is 23.9 Å². The van der Waals surface area contributed by atoms with Crippen molar-refractivity contribution in [2.45, 2.75) is 39.2 Å². The molecule has 39 heavy (non-hydrogen) atoms. The maximum atomic E-state index is 13.7. The van der Waals surface area contributed by atoms with Crippen LogP contribution in [0, 0.1) is 31.1 Å². The molecule has 1 amide bonds. The number of hydrogen-bond donors (Lipinski definition) is 1. The number of benzene rings is 2. The van der Waals surface area contributed by atoms with E-state index in [0.717, 1.165) is 54.7 Å². The van der Waals surface area contributed by atoms with Gasteiger partial charge < -0.3 is 19.8 Å². The van der Waals surface area contributed by atoms with Gasteiger partial charge in [0.15, 0.2) is 0 Å². The van der Waals surface area contributed by atoms with Gasteiger partial charge in [-0.15, -0.1) is 0 Å². The van der Waals surface area contributed by atoms with E-state index in [9.17, 15) is 15.2 Å². The number of hydrogen-bond acceptors (Lipinski definition) is 8. The highest BCUT2D eigenvalue weighted by molar-refractivity contribution is 5.96. The SMILES string of the molecule is Cc1cc(C)c(C(=O)N2CCN(c3nnnn3C)[C@H](CO)C2)cc1CC1CCN(c2ccccc2C#N)CC1. The molecule has 0 unspecified atom stereocenters. The van der Waals surface area contributed by atoms with E-state index in [4.69, 9.17) is 0 Å². The Hall–Kier alpha value is -3.97. The number of aryl methyl sites for hydroxylation is 3. The first kappa shape index (κ1) is 26.6. The predicted octanol–water partition coefficient (Wildman–Crippen LogP) is 2.48. The Bertz CT molecular complexity index is 1370. The number of aromatic nitrogens is 4. The third kappa shape index (κ3) is 5.45. The number of nitriles is 1. The minimum atomic E-state index is -0.269. The quantitative estimate of drug-likeness (QED) is 0.519. The first-order valence-electron chi connectivity index (χ1n) is 13.6. The van der Waals surface area contributed by atoms with Crippen molar-refractivity contribution >= 4 is 17.5 Å². The van der Waals surface area contributed by atoms with Crippen LogP contribution in [0.25, 0.3) is 0 Å². The number of piperazine rings is 1. The van der Waals surface area contributed by atoms with Crippen LogP contribution in [0.15, 0.2) is 36.4 Å². The van der Waals surface area contributed by atoms with Crippen LogP contribution in [-0.4, -0.2) is 81.5 Å². The maximum absolute atomic E-state index is 13.7. The largest absolute Gasteiger partial charge is 0.394 e. The Labute approximate surface area is 229 Å². The Balaban J connectivity index is 1.26. The van der Waals surface area contributed by atoms with Crippen molar-refractivity contribution in [1.82, 2.24) is 25.1 Å². The lowest BCUT2D eigenvalue weighted by molar-refractivity contribution is 0.0696. The van der Waals surface area contributed by atoms with Gasteiger partial charge in [0, 0.05) is 45.3 Å². The van der Waals surface area contributed by atoms with E-state index in [-0.39, 0.29) is 18.6 Å². The van der Waals surface area contributed by atoms with Crippen molar-refractivity contribution in [3.05, 3.63) is 64.2 Å². The second-order valence-corrected chi connectivity index (χ2v) is 10.7. The standard InChI is InChI=1S/C29H36N8O2/c1-20-14-21(2)26(28(39)36-12-13-37(25(18-36)19-38)29-31-32-33-34(29)3)16-24(20)15-22-8-10-35(11-9-22)27-7-5-4-6-23(27)17-30/h4-7,14,16,22,25,38H,8-13,15,18-19H2,1-3H3/t25-/m0/s1. The van der Waals surface area contributed by atoms with Crippen LogP contribution < -0.4 is 9.80 Å². The lowest BCUT2D eigenvalue weighted by Crippen LogP contribution is -2.57. The number of nitrogens with zero attached hydrogens (tertiary/aromatic N) is 8. The smallest absolute Gasteiger partial charge is 0.254 e. The summed E-state index contributed by atoms with van der Waals surface area (Å²) in [5, 5.41) is 31.3. The molecule has 2 aromatic carbocycles. The zero-order valence-corrected chi connectivity index (χ0v) is 22.9. The summed E-state index contributed by atoms with van der Waals surface area (Å²) in [5.41, 5.74) is 5.91. The third-order valence-corrected chi connectivity index (χ3v) is 8.24. The first-order valence-corrected chi connectivity index (χ1v) is 13.6. The highest BCUT2D eigenvalue weighted by atomic mass is 16.3. The summed E-state index contributed by atoms with van der Waals surface area (Å²) < 4.78 is 1.59. The van der Waals surface area contributed by atoms with Crippen LogP contribution >= 0.6 is 0 Å². The monoisotopic (exact) mass is 528 g/mol. The number of rotatable bonds is 6. The van der Waals surface area contributed by atoms with E-state index in [0.29, 0.717) is 31.5 Å². The van der Waals surface area contributed by atoms with Gasteiger partial charge in [-0.05, 0) is 84.3 Å². The molecular weight excluding hydrogens is 492 g/mol. The number of piperidine rings is 1. The van der Waals surface area contributed by atoms with Gasteiger partial charge in [-0.2, -0.15) is 5.26 Å². The van der Waals surface area contributed by atoms with Crippen LogP contribution in [-0.2, 0) is 13.5 Å². The number of carbonyl (C=O) groups is 1. The van der Waals surface area contributed by atoms with Crippen LogP contribution in [0.4, 0.5) is 11.6 Å². The second kappa shape index (κ2) is 11.4. The molecule has 1 N–H and O–H groups in total. The molecule has 1 atom stereocenters. The van der Waals surface area contributed by atoms with Gasteiger partial charge in [-0.3, -0.25) is 4.79 Å². The number of tetrazole rings is 1. The van der Waals surface area contributed by atoms with Crippen LogP contribution in [0.1, 0.15) is 45.5 Å². The fraction of sp³-hybridized carbons (Fsp3) is 0.483. The number of aliphatic hydroxyl groups is 1.